The van der Waals surface area contributed by atoms with Crippen LogP contribution in [0, 0.1) is 0 Å². The summed E-state index contributed by atoms with van der Waals surface area (Å²) in [6, 6.07) is 0. The molecular weight excluding hydrogens is 268 g/mol. The summed E-state index contributed by atoms with van der Waals surface area (Å²) in [5.41, 5.74) is 0.459. The van der Waals surface area contributed by atoms with E-state index in [0.717, 1.165) is 0 Å². The molecule has 0 aliphatic carbocycles. The van der Waals surface area contributed by atoms with Gasteiger partial charge in [-0.1, -0.05) is 32.9 Å². The van der Waals surface area contributed by atoms with Crippen LogP contribution in [-0.2, 0) is 9.22 Å². The molecule has 0 spiro atoms. The van der Waals surface area contributed by atoms with Crippen LogP contribution < -0.4 is 0 Å². The van der Waals surface area contributed by atoms with Gasteiger partial charge in [0.15, 0.2) is 14.1 Å². The number of aliphatic hydroxyl groups excluding tert-OH is 1. The normalized spacial score (nSPS) is 16.2. The highest BCUT2D eigenvalue weighted by Gasteiger charge is 2.37. The van der Waals surface area contributed by atoms with E-state index >= 15 is 0 Å². The van der Waals surface area contributed by atoms with Gasteiger partial charge in [0.2, 0.25) is 0 Å². The quantitative estimate of drug-likeness (QED) is 0.333. The number of hydrogen-bond donors (Lipinski definition) is 1. The molecule has 0 saturated carbocycles. The van der Waals surface area contributed by atoms with Gasteiger partial charge in [0.25, 0.3) is 0 Å². The molecule has 0 aliphatic rings. The molecule has 116 valence electrons. The van der Waals surface area contributed by atoms with Crippen molar-refractivity contribution in [1.29, 1.82) is 0 Å². The molecule has 0 unspecified atom stereocenters. The van der Waals surface area contributed by atoms with Crippen molar-refractivity contribution in [2.75, 3.05) is 0 Å². The van der Waals surface area contributed by atoms with Crippen LogP contribution in [0.4, 0.5) is 0 Å². The molecule has 0 aromatic rings. The van der Waals surface area contributed by atoms with Gasteiger partial charge in [-0.3, -0.25) is 4.79 Å². The maximum absolute atomic E-state index is 11.3. The van der Waals surface area contributed by atoms with Crippen molar-refractivity contribution in [2.45, 2.75) is 72.2 Å². The summed E-state index contributed by atoms with van der Waals surface area (Å²) in [6.07, 6.45) is 4.33. The number of aliphatic hydroxyl groups is 1. The summed E-state index contributed by atoms with van der Waals surface area (Å²) in [5, 5.41) is 9.62. The number of carbonyl (C=O) groups is 1. The highest BCUT2D eigenvalue weighted by atomic mass is 28.4. The van der Waals surface area contributed by atoms with E-state index in [2.05, 4.69) is 33.9 Å². The maximum atomic E-state index is 11.3. The molecule has 1 atom stereocenters. The molecule has 0 aromatic heterocycles. The molecule has 0 saturated heterocycles. The number of allylic oxidation sites excluding steroid dienone is 3. The van der Waals surface area contributed by atoms with Crippen LogP contribution >= 0.6 is 0 Å². The Bertz CT molecular complexity index is 396. The van der Waals surface area contributed by atoms with E-state index in [1.54, 1.807) is 6.92 Å². The second-order valence-electron chi connectivity index (χ2n) is 6.84. The molecule has 0 fully saturated rings. The molecule has 20 heavy (non-hydrogen) atoms. The Balaban J connectivity index is 4.64. The van der Waals surface area contributed by atoms with Crippen molar-refractivity contribution in [3.05, 3.63) is 23.5 Å². The molecule has 0 bridgehead atoms. The number of ketones is 1. The molecule has 0 heterocycles. The first-order valence-electron chi connectivity index (χ1n) is 7.12. The maximum Gasteiger partial charge on any atom is 0.192 e. The third-order valence-electron chi connectivity index (χ3n) is 3.88. The van der Waals surface area contributed by atoms with E-state index in [1.807, 2.05) is 19.1 Å². The molecule has 4 heteroatoms. The minimum Gasteiger partial charge on any atom is -0.512 e. The Labute approximate surface area is 124 Å². The predicted octanol–water partition coefficient (Wildman–Crippen LogP) is 4.76. The van der Waals surface area contributed by atoms with Gasteiger partial charge in [-0.25, -0.2) is 0 Å². The van der Waals surface area contributed by atoms with Crippen molar-refractivity contribution < 1.29 is 14.3 Å². The lowest BCUT2D eigenvalue weighted by Gasteiger charge is -2.37. The zero-order chi connectivity index (χ0) is 16.1. The highest BCUT2D eigenvalue weighted by Crippen LogP contribution is 2.37. The van der Waals surface area contributed by atoms with Crippen molar-refractivity contribution in [2.24, 2.45) is 0 Å². The van der Waals surface area contributed by atoms with E-state index in [4.69, 9.17) is 4.43 Å². The fourth-order valence-corrected chi connectivity index (χ4v) is 2.97. The largest absolute Gasteiger partial charge is 0.512 e. The average molecular weight is 298 g/mol. The summed E-state index contributed by atoms with van der Waals surface area (Å²) in [4.78, 5) is 11.3. The monoisotopic (exact) mass is 298 g/mol. The third kappa shape index (κ3) is 6.05. The summed E-state index contributed by atoms with van der Waals surface area (Å²) >= 11 is 0. The molecule has 0 rings (SSSR count). The fourth-order valence-electron chi connectivity index (χ4n) is 1.60. The van der Waals surface area contributed by atoms with E-state index in [9.17, 15) is 9.90 Å². The molecule has 0 radical (unpaired) electrons. The average Bonchev–Trinajstić information content (AvgIpc) is 2.20. The van der Waals surface area contributed by atoms with Gasteiger partial charge in [-0.05, 0) is 45.3 Å². The van der Waals surface area contributed by atoms with Gasteiger partial charge in [-0.15, -0.1) is 0 Å². The summed E-state index contributed by atoms with van der Waals surface area (Å²) in [6.45, 7) is 16.1. The van der Waals surface area contributed by atoms with Crippen LogP contribution in [0.3, 0.4) is 0 Å². The minimum atomic E-state index is -1.77. The zero-order valence-electron chi connectivity index (χ0n) is 14.2. The van der Waals surface area contributed by atoms with Crippen LogP contribution in [0.2, 0.25) is 18.1 Å². The van der Waals surface area contributed by atoms with Crippen molar-refractivity contribution in [3.8, 4) is 0 Å². The number of rotatable bonds is 6. The van der Waals surface area contributed by atoms with Crippen LogP contribution in [-0.4, -0.2) is 25.3 Å². The van der Waals surface area contributed by atoms with Crippen molar-refractivity contribution >= 4 is 14.1 Å². The first-order valence-corrected chi connectivity index (χ1v) is 10.0. The Morgan fingerprint density at radius 2 is 1.80 bits per heavy atom. The number of carbonyl (C=O) groups excluding carboxylic acids is 1. The van der Waals surface area contributed by atoms with E-state index < -0.39 is 8.32 Å². The van der Waals surface area contributed by atoms with Gasteiger partial charge < -0.3 is 9.53 Å². The lowest BCUT2D eigenvalue weighted by molar-refractivity contribution is -0.113. The lowest BCUT2D eigenvalue weighted by atomic mass is 10.1. The van der Waals surface area contributed by atoms with Gasteiger partial charge >= 0.3 is 0 Å². The molecule has 0 aromatic carbocycles. The van der Waals surface area contributed by atoms with Gasteiger partial charge in [-0.2, -0.15) is 0 Å². The molecule has 0 amide bonds. The van der Waals surface area contributed by atoms with E-state index in [1.165, 1.54) is 6.92 Å². The summed E-state index contributed by atoms with van der Waals surface area (Å²) < 4.78 is 6.19. The van der Waals surface area contributed by atoms with Crippen LogP contribution in [0.5, 0.6) is 0 Å². The van der Waals surface area contributed by atoms with Crippen LogP contribution in [0.1, 0.15) is 48.0 Å². The highest BCUT2D eigenvalue weighted by molar-refractivity contribution is 6.74. The smallest absolute Gasteiger partial charge is 0.192 e. The Morgan fingerprint density at radius 3 is 2.15 bits per heavy atom. The standard InChI is InChI=1S/C16H30O3Si/c1-12(19-20(7,8)16(4,5)6)10-9-11-15(13(2)17)14(3)18/h9-10,12,17H,11H2,1-8H3/b10-9+,15-13+/t12-/m0/s1. The second kappa shape index (κ2) is 7.23. The number of hydrogen-bond acceptors (Lipinski definition) is 3. The fraction of sp³-hybridized carbons (Fsp3) is 0.688. The SMILES string of the molecule is CC(=O)/C(C/C=C/[C@H](C)O[Si](C)(C)C(C)(C)C)=C(\C)O. The molecule has 1 N–H and O–H groups in total. The van der Waals surface area contributed by atoms with Gasteiger partial charge in [0, 0.05) is 5.57 Å². The van der Waals surface area contributed by atoms with Crippen LogP contribution in [0.25, 0.3) is 0 Å². The van der Waals surface area contributed by atoms with E-state index in [0.29, 0.717) is 12.0 Å². The van der Waals surface area contributed by atoms with Crippen molar-refractivity contribution in [1.82, 2.24) is 0 Å². The topological polar surface area (TPSA) is 46.5 Å². The molecular formula is C16H30O3Si. The Morgan fingerprint density at radius 1 is 1.30 bits per heavy atom. The summed E-state index contributed by atoms with van der Waals surface area (Å²) in [7, 11) is -1.77. The minimum absolute atomic E-state index is 0.0168. The second-order valence-corrected chi connectivity index (χ2v) is 11.6. The van der Waals surface area contributed by atoms with Gasteiger partial charge in [0.1, 0.15) is 0 Å². The first kappa shape index (κ1) is 19.1. The molecule has 3 nitrogen and oxygen atoms in total. The zero-order valence-corrected chi connectivity index (χ0v) is 15.2. The Kier molecular flexibility index (Phi) is 6.91. The molecule has 0 aliphatic heterocycles. The first-order chi connectivity index (χ1) is 8.88. The summed E-state index contributed by atoms with van der Waals surface area (Å²) in [5.74, 6) is 0.00716. The number of Topliss-reactive ketones (excluding diaryl/α,β-unsaturated/α-hetero) is 1. The van der Waals surface area contributed by atoms with Crippen LogP contribution in [0.15, 0.2) is 23.5 Å². The Hall–Kier alpha value is -0.873. The van der Waals surface area contributed by atoms with E-state index in [-0.39, 0.29) is 22.7 Å². The van der Waals surface area contributed by atoms with Gasteiger partial charge in [0.05, 0.1) is 11.9 Å². The third-order valence-corrected chi connectivity index (χ3v) is 8.45. The predicted molar refractivity (Wildman–Crippen MR) is 87.5 cm³/mol. The van der Waals surface area contributed by atoms with Crippen molar-refractivity contribution in [3.63, 3.8) is 0 Å². The lowest BCUT2D eigenvalue weighted by Crippen LogP contribution is -2.42.